The minimum absolute atomic E-state index is 0.172. The molecule has 5 N–H and O–H groups in total. The number of nitrogens with one attached hydrogen (secondary N) is 1. The lowest BCUT2D eigenvalue weighted by molar-refractivity contribution is -0.723. The molecule has 24 heavy (non-hydrogen) atoms. The second-order valence-electron chi connectivity index (χ2n) is 5.72. The first-order chi connectivity index (χ1) is 11.6. The van der Waals surface area contributed by atoms with Gasteiger partial charge in [-0.25, -0.2) is 4.79 Å². The molecule has 0 bridgehead atoms. The van der Waals surface area contributed by atoms with Crippen molar-refractivity contribution in [2.45, 2.75) is 23.4 Å². The van der Waals surface area contributed by atoms with Gasteiger partial charge in [-0.1, -0.05) is 48.5 Å². The summed E-state index contributed by atoms with van der Waals surface area (Å²) in [6.07, 6.45) is 0.967. The third-order valence-electron chi connectivity index (χ3n) is 4.12. The van der Waals surface area contributed by atoms with Gasteiger partial charge >= 0.3 is 6.03 Å². The highest BCUT2D eigenvalue weighted by Crippen LogP contribution is 2.34. The Balaban J connectivity index is 1.87. The predicted molar refractivity (Wildman–Crippen MR) is 93.4 cm³/mol. The fourth-order valence-corrected chi connectivity index (χ4v) is 4.16. The van der Waals surface area contributed by atoms with Crippen molar-refractivity contribution in [3.05, 3.63) is 65.7 Å². The summed E-state index contributed by atoms with van der Waals surface area (Å²) < 4.78 is 0. The summed E-state index contributed by atoms with van der Waals surface area (Å²) in [7, 11) is 0. The van der Waals surface area contributed by atoms with Gasteiger partial charge in [-0.3, -0.25) is 10.1 Å². The van der Waals surface area contributed by atoms with Gasteiger partial charge in [-0.05, 0) is 6.07 Å². The molecule has 1 aliphatic heterocycles. The van der Waals surface area contributed by atoms with Crippen LogP contribution >= 0.6 is 11.8 Å². The van der Waals surface area contributed by atoms with E-state index in [0.29, 0.717) is 0 Å². The van der Waals surface area contributed by atoms with E-state index in [1.807, 2.05) is 59.5 Å². The number of amides is 3. The lowest BCUT2D eigenvalue weighted by Gasteiger charge is -2.26. The summed E-state index contributed by atoms with van der Waals surface area (Å²) in [5.74, 6) is 0.626. The van der Waals surface area contributed by atoms with E-state index in [1.165, 1.54) is 10.5 Å². The van der Waals surface area contributed by atoms with Crippen molar-refractivity contribution < 1.29 is 14.9 Å². The number of carbonyl (C=O) groups excluding carboxylic acids is 2. The number of nitrogens with two attached hydrogens (primary N) is 2. The van der Waals surface area contributed by atoms with Gasteiger partial charge < -0.3 is 11.1 Å². The number of hydrogen-bond acceptors (Lipinski definition) is 3. The molecular weight excluding hydrogens is 322 g/mol. The number of fused-ring (bicyclic) bond motifs is 1. The molecule has 0 aliphatic carbocycles. The van der Waals surface area contributed by atoms with Crippen molar-refractivity contribution in [1.29, 1.82) is 0 Å². The third-order valence-corrected chi connectivity index (χ3v) is 5.24. The van der Waals surface area contributed by atoms with E-state index in [4.69, 9.17) is 5.73 Å². The number of thioether (sulfide) groups is 1. The lowest BCUT2D eigenvalue weighted by Crippen LogP contribution is -2.89. The normalized spacial score (nSPS) is 17.6. The molecule has 0 radical (unpaired) electrons. The van der Waals surface area contributed by atoms with Crippen LogP contribution in [0.4, 0.5) is 4.79 Å². The molecule has 0 unspecified atom stereocenters. The molecule has 5 nitrogen and oxygen atoms in total. The van der Waals surface area contributed by atoms with Crippen LogP contribution in [0.1, 0.15) is 29.6 Å². The fourth-order valence-electron chi connectivity index (χ4n) is 3.01. The zero-order valence-corrected chi connectivity index (χ0v) is 14.0. The van der Waals surface area contributed by atoms with Crippen molar-refractivity contribution in [3.63, 3.8) is 0 Å². The van der Waals surface area contributed by atoms with Gasteiger partial charge in [-0.2, -0.15) is 0 Å². The van der Waals surface area contributed by atoms with Gasteiger partial charge in [0.2, 0.25) is 0 Å². The highest BCUT2D eigenvalue weighted by molar-refractivity contribution is 7.99. The van der Waals surface area contributed by atoms with Crippen LogP contribution in [-0.2, 0) is 4.79 Å². The zero-order valence-electron chi connectivity index (χ0n) is 13.1. The summed E-state index contributed by atoms with van der Waals surface area (Å²) in [4.78, 5) is 24.9. The van der Waals surface area contributed by atoms with Crippen molar-refractivity contribution in [2.24, 2.45) is 5.73 Å². The van der Waals surface area contributed by atoms with Crippen LogP contribution in [0.25, 0.3) is 0 Å². The number of imide groups is 1. The van der Waals surface area contributed by atoms with E-state index >= 15 is 0 Å². The number of quaternary nitrogens is 1. The molecule has 0 saturated heterocycles. The Kier molecular flexibility index (Phi) is 5.17. The van der Waals surface area contributed by atoms with Crippen molar-refractivity contribution in [2.75, 3.05) is 5.75 Å². The largest absolute Gasteiger partial charge is 0.351 e. The minimum atomic E-state index is -0.825. The molecule has 124 valence electrons. The van der Waals surface area contributed by atoms with Gasteiger partial charge in [0.05, 0.1) is 0 Å². The van der Waals surface area contributed by atoms with Crippen molar-refractivity contribution in [3.8, 4) is 0 Å². The Morgan fingerprint density at radius 1 is 1.12 bits per heavy atom. The second kappa shape index (κ2) is 7.51. The highest BCUT2D eigenvalue weighted by Gasteiger charge is 2.31. The van der Waals surface area contributed by atoms with Gasteiger partial charge in [-0.15, -0.1) is 11.8 Å². The quantitative estimate of drug-likeness (QED) is 0.790. The summed E-state index contributed by atoms with van der Waals surface area (Å²) in [6.45, 7) is 0. The smallest absolute Gasteiger partial charge is 0.319 e. The maximum atomic E-state index is 12.5. The Labute approximate surface area is 145 Å². The number of hydrogen-bond donors (Lipinski definition) is 3. The molecule has 0 spiro atoms. The Morgan fingerprint density at radius 3 is 2.58 bits per heavy atom. The number of urea groups is 1. The van der Waals surface area contributed by atoms with Crippen LogP contribution < -0.4 is 16.4 Å². The van der Waals surface area contributed by atoms with E-state index in [2.05, 4.69) is 17.4 Å². The Bertz CT molecular complexity index is 736. The Hall–Kier alpha value is -2.31. The monoisotopic (exact) mass is 342 g/mol. The summed E-state index contributed by atoms with van der Waals surface area (Å²) in [5.41, 5.74) is 7.22. The van der Waals surface area contributed by atoms with E-state index < -0.39 is 12.1 Å². The number of carbonyl (C=O) groups is 2. The highest BCUT2D eigenvalue weighted by atomic mass is 32.2. The first-order valence-electron chi connectivity index (χ1n) is 7.87. The molecule has 0 aromatic heterocycles. The zero-order chi connectivity index (χ0) is 16.9. The van der Waals surface area contributed by atoms with Crippen LogP contribution in [0.3, 0.4) is 0 Å². The molecule has 3 amide bonds. The molecule has 6 heteroatoms. The third kappa shape index (κ3) is 3.77. The Morgan fingerprint density at radius 2 is 1.83 bits per heavy atom. The number of benzene rings is 2. The predicted octanol–water partition coefficient (Wildman–Crippen LogP) is 1.72. The average Bonchev–Trinajstić information content (AvgIpc) is 2.60. The van der Waals surface area contributed by atoms with Gasteiger partial charge in [0.15, 0.2) is 6.04 Å². The lowest BCUT2D eigenvalue weighted by atomic mass is 9.99. The topological polar surface area (TPSA) is 88.8 Å². The number of primary amides is 1. The maximum absolute atomic E-state index is 12.5. The molecule has 2 aromatic rings. The fraction of sp³-hybridized carbons (Fsp3) is 0.222. The van der Waals surface area contributed by atoms with Crippen molar-refractivity contribution in [1.82, 2.24) is 5.32 Å². The summed E-state index contributed by atoms with van der Waals surface area (Å²) in [5, 5.41) is 4.25. The van der Waals surface area contributed by atoms with Gasteiger partial charge in [0, 0.05) is 28.2 Å². The van der Waals surface area contributed by atoms with Gasteiger partial charge in [0.25, 0.3) is 5.91 Å². The molecule has 1 aliphatic rings. The standard InChI is InChI=1S/C18H19N3O2S/c19-18(23)21-17(22)16(12-6-2-1-3-7-12)20-14-10-11-24-15-9-5-4-8-13(14)15/h1-9,14,16,20H,10-11H2,(H3,19,21,22,23)/p+1/t14-,16+/m0/s1. The van der Waals surface area contributed by atoms with Crippen LogP contribution in [-0.4, -0.2) is 17.7 Å². The molecule has 2 atom stereocenters. The molecular formula is C18H20N3O2S+. The van der Waals surface area contributed by atoms with Gasteiger partial charge in [0.1, 0.15) is 6.04 Å². The SMILES string of the molecule is NC(=O)NC(=O)[C@H]([NH2+][C@H]1CCSc2ccccc21)c1ccccc1. The van der Waals surface area contributed by atoms with E-state index in [1.54, 1.807) is 0 Å². The maximum Gasteiger partial charge on any atom is 0.319 e. The summed E-state index contributed by atoms with van der Waals surface area (Å²) >= 11 is 1.84. The molecule has 0 fully saturated rings. The van der Waals surface area contributed by atoms with Crippen LogP contribution in [0.2, 0.25) is 0 Å². The molecule has 3 rings (SSSR count). The molecule has 2 aromatic carbocycles. The minimum Gasteiger partial charge on any atom is -0.351 e. The van der Waals surface area contributed by atoms with E-state index in [9.17, 15) is 9.59 Å². The number of rotatable bonds is 4. The average molecular weight is 342 g/mol. The summed E-state index contributed by atoms with van der Waals surface area (Å²) in [6, 6.07) is 16.6. The van der Waals surface area contributed by atoms with Crippen LogP contribution in [0.15, 0.2) is 59.5 Å². The van der Waals surface area contributed by atoms with Crippen LogP contribution in [0, 0.1) is 0 Å². The van der Waals surface area contributed by atoms with E-state index in [0.717, 1.165) is 17.7 Å². The molecule has 0 saturated carbocycles. The first-order valence-corrected chi connectivity index (χ1v) is 8.85. The first kappa shape index (κ1) is 16.5. The van der Waals surface area contributed by atoms with Crippen LogP contribution in [0.5, 0.6) is 0 Å². The van der Waals surface area contributed by atoms with E-state index in [-0.39, 0.29) is 11.9 Å². The second-order valence-corrected chi connectivity index (χ2v) is 6.85. The molecule has 1 heterocycles. The van der Waals surface area contributed by atoms with Crippen molar-refractivity contribution >= 4 is 23.7 Å².